The van der Waals surface area contributed by atoms with E-state index in [1.165, 1.54) is 12.0 Å². The first-order valence-electron chi connectivity index (χ1n) is 9.05. The highest BCUT2D eigenvalue weighted by molar-refractivity contribution is 5.58. The maximum Gasteiger partial charge on any atom is 0.164 e. The Morgan fingerprint density at radius 1 is 1.26 bits per heavy atom. The largest absolute Gasteiger partial charge is 0.504 e. The zero-order valence-electron chi connectivity index (χ0n) is 14.5. The molecular formula is C20H28O3. The second-order valence-electron chi connectivity index (χ2n) is 8.71. The summed E-state index contributed by atoms with van der Waals surface area (Å²) in [6, 6.07) is 2.23. The first-order valence-corrected chi connectivity index (χ1v) is 9.05. The molecule has 0 aromatic heterocycles. The van der Waals surface area contributed by atoms with Crippen LogP contribution in [0.1, 0.15) is 69.1 Å². The molecule has 3 aliphatic rings. The molecule has 1 fully saturated rings. The second-order valence-corrected chi connectivity index (χ2v) is 8.71. The van der Waals surface area contributed by atoms with Crippen LogP contribution in [0.2, 0.25) is 0 Å². The van der Waals surface area contributed by atoms with Gasteiger partial charge in [-0.3, -0.25) is 0 Å². The van der Waals surface area contributed by atoms with Gasteiger partial charge in [0.2, 0.25) is 0 Å². The van der Waals surface area contributed by atoms with Crippen LogP contribution in [-0.2, 0) is 12.8 Å². The highest BCUT2D eigenvalue weighted by Crippen LogP contribution is 2.54. The van der Waals surface area contributed by atoms with Gasteiger partial charge in [-0.2, -0.15) is 0 Å². The lowest BCUT2D eigenvalue weighted by Gasteiger charge is -2.49. The van der Waals surface area contributed by atoms with E-state index < -0.39 is 5.60 Å². The summed E-state index contributed by atoms with van der Waals surface area (Å²) in [4.78, 5) is 0. The van der Waals surface area contributed by atoms with E-state index >= 15 is 0 Å². The molecule has 4 rings (SSSR count). The van der Waals surface area contributed by atoms with Crippen molar-refractivity contribution in [2.75, 3.05) is 6.61 Å². The van der Waals surface area contributed by atoms with Crippen LogP contribution in [0.15, 0.2) is 6.07 Å². The van der Waals surface area contributed by atoms with Crippen molar-refractivity contribution in [3.05, 3.63) is 22.8 Å². The number of hydrogen-bond acceptors (Lipinski definition) is 3. The van der Waals surface area contributed by atoms with Crippen LogP contribution in [0.5, 0.6) is 11.5 Å². The fourth-order valence-electron chi connectivity index (χ4n) is 5.41. The fraction of sp³-hybridized carbons (Fsp3) is 0.700. The first kappa shape index (κ1) is 15.3. The smallest absolute Gasteiger partial charge is 0.164 e. The van der Waals surface area contributed by atoms with Gasteiger partial charge in [0.05, 0.1) is 12.2 Å². The summed E-state index contributed by atoms with van der Waals surface area (Å²) < 4.78 is 5.73. The number of ether oxygens (including phenoxy) is 1. The summed E-state index contributed by atoms with van der Waals surface area (Å²) >= 11 is 0. The van der Waals surface area contributed by atoms with Gasteiger partial charge in [0.25, 0.3) is 0 Å². The Hall–Kier alpha value is -1.22. The number of aryl methyl sites for hydroxylation is 1. The Kier molecular flexibility index (Phi) is 3.26. The number of benzene rings is 1. The van der Waals surface area contributed by atoms with E-state index in [0.717, 1.165) is 36.8 Å². The van der Waals surface area contributed by atoms with Crippen LogP contribution >= 0.6 is 0 Å². The van der Waals surface area contributed by atoms with Crippen molar-refractivity contribution in [1.82, 2.24) is 0 Å². The van der Waals surface area contributed by atoms with Crippen molar-refractivity contribution >= 4 is 0 Å². The minimum atomic E-state index is -0.692. The Balaban J connectivity index is 1.81. The summed E-state index contributed by atoms with van der Waals surface area (Å²) in [6.45, 7) is 7.38. The van der Waals surface area contributed by atoms with Crippen molar-refractivity contribution in [2.24, 2.45) is 11.3 Å². The third kappa shape index (κ3) is 2.20. The zero-order chi connectivity index (χ0) is 16.4. The van der Waals surface area contributed by atoms with Crippen LogP contribution in [0.4, 0.5) is 0 Å². The van der Waals surface area contributed by atoms with E-state index in [4.69, 9.17) is 4.74 Å². The molecule has 0 bridgehead atoms. The summed E-state index contributed by atoms with van der Waals surface area (Å²) in [5.74, 6) is 1.59. The predicted molar refractivity (Wildman–Crippen MR) is 90.1 cm³/mol. The Bertz CT molecular complexity index is 649. The quantitative estimate of drug-likeness (QED) is 0.762. The second kappa shape index (κ2) is 4.89. The molecule has 1 aliphatic heterocycles. The minimum Gasteiger partial charge on any atom is -0.504 e. The summed E-state index contributed by atoms with van der Waals surface area (Å²) in [6.07, 6.45) is 5.60. The van der Waals surface area contributed by atoms with Gasteiger partial charge in [-0.15, -0.1) is 0 Å². The highest BCUT2D eigenvalue weighted by Gasteiger charge is 2.50. The molecule has 1 saturated carbocycles. The van der Waals surface area contributed by atoms with Gasteiger partial charge < -0.3 is 14.9 Å². The van der Waals surface area contributed by atoms with Crippen LogP contribution in [-0.4, -0.2) is 22.4 Å². The molecule has 2 aliphatic carbocycles. The molecule has 0 amide bonds. The van der Waals surface area contributed by atoms with Crippen LogP contribution in [0, 0.1) is 11.3 Å². The summed E-state index contributed by atoms with van der Waals surface area (Å²) in [7, 11) is 0. The molecule has 0 spiro atoms. The molecule has 3 atom stereocenters. The topological polar surface area (TPSA) is 49.7 Å². The van der Waals surface area contributed by atoms with Crippen molar-refractivity contribution in [1.29, 1.82) is 0 Å². The fourth-order valence-corrected chi connectivity index (χ4v) is 5.41. The molecule has 1 heterocycles. The predicted octanol–water partition coefficient (Wildman–Crippen LogP) is 3.93. The molecule has 1 aromatic carbocycles. The summed E-state index contributed by atoms with van der Waals surface area (Å²) in [5.41, 5.74) is 2.76. The van der Waals surface area contributed by atoms with E-state index in [1.54, 1.807) is 0 Å². The van der Waals surface area contributed by atoms with Gasteiger partial charge in [-0.05, 0) is 42.6 Å². The number of phenols is 1. The number of phenolic OH excluding ortho intramolecular Hbond substituents is 1. The summed E-state index contributed by atoms with van der Waals surface area (Å²) in [5, 5.41) is 22.2. The molecule has 3 nitrogen and oxygen atoms in total. The maximum atomic E-state index is 11.4. The Morgan fingerprint density at radius 2 is 2.04 bits per heavy atom. The lowest BCUT2D eigenvalue weighted by Crippen LogP contribution is -2.50. The van der Waals surface area contributed by atoms with Crippen molar-refractivity contribution in [3.63, 3.8) is 0 Å². The average Bonchev–Trinajstić information content (AvgIpc) is 2.74. The molecule has 3 heteroatoms. The Morgan fingerprint density at radius 3 is 2.83 bits per heavy atom. The lowest BCUT2D eigenvalue weighted by atomic mass is 9.59. The van der Waals surface area contributed by atoms with E-state index in [2.05, 4.69) is 26.8 Å². The first-order chi connectivity index (χ1) is 10.8. The van der Waals surface area contributed by atoms with Crippen molar-refractivity contribution in [3.8, 4) is 11.5 Å². The van der Waals surface area contributed by atoms with Gasteiger partial charge in [0, 0.05) is 23.5 Å². The standard InChI is InChI=1S/C20H28O3/c1-12-11-23-18-14(12)9-13-5-6-16-19(2,3)7-4-8-20(16,22)10-15(13)17(18)21/h9,12,16,21-22H,4-8,10-11H2,1-3H3. The van der Waals surface area contributed by atoms with E-state index in [9.17, 15) is 10.2 Å². The number of hydrogen-bond donors (Lipinski definition) is 2. The third-order valence-corrected chi connectivity index (χ3v) is 6.70. The number of rotatable bonds is 0. The SMILES string of the molecule is CC1COc2c1cc1c(c2O)CC2(O)CCCC(C)(C)C2CC1. The number of aromatic hydroxyl groups is 1. The highest BCUT2D eigenvalue weighted by atomic mass is 16.5. The van der Waals surface area contributed by atoms with Gasteiger partial charge >= 0.3 is 0 Å². The molecule has 1 aromatic rings. The monoisotopic (exact) mass is 316 g/mol. The van der Waals surface area contributed by atoms with Crippen molar-refractivity contribution in [2.45, 2.75) is 70.8 Å². The minimum absolute atomic E-state index is 0.164. The normalized spacial score (nSPS) is 34.8. The molecule has 3 unspecified atom stereocenters. The van der Waals surface area contributed by atoms with Crippen LogP contribution in [0.25, 0.3) is 0 Å². The van der Waals surface area contributed by atoms with Gasteiger partial charge in [-0.1, -0.05) is 33.3 Å². The van der Waals surface area contributed by atoms with Gasteiger partial charge in [-0.25, -0.2) is 0 Å². The molecule has 2 N–H and O–H groups in total. The molecule has 0 saturated heterocycles. The average molecular weight is 316 g/mol. The van der Waals surface area contributed by atoms with Crippen LogP contribution < -0.4 is 4.74 Å². The third-order valence-electron chi connectivity index (χ3n) is 6.70. The van der Waals surface area contributed by atoms with Crippen LogP contribution in [0.3, 0.4) is 0 Å². The molecule has 0 radical (unpaired) electrons. The maximum absolute atomic E-state index is 11.4. The van der Waals surface area contributed by atoms with E-state index in [1.807, 2.05) is 0 Å². The lowest BCUT2D eigenvalue weighted by molar-refractivity contribution is -0.102. The zero-order valence-corrected chi connectivity index (χ0v) is 14.5. The van der Waals surface area contributed by atoms with E-state index in [-0.39, 0.29) is 5.41 Å². The molecule has 23 heavy (non-hydrogen) atoms. The van der Waals surface area contributed by atoms with Gasteiger partial charge in [0.15, 0.2) is 11.5 Å². The number of fused-ring (bicyclic) bond motifs is 3. The van der Waals surface area contributed by atoms with Gasteiger partial charge in [0.1, 0.15) is 0 Å². The van der Waals surface area contributed by atoms with E-state index in [0.29, 0.717) is 36.4 Å². The van der Waals surface area contributed by atoms with Crippen molar-refractivity contribution < 1.29 is 14.9 Å². The molecular weight excluding hydrogens is 288 g/mol. The Labute approximate surface area is 138 Å². The molecule has 126 valence electrons. The number of aliphatic hydroxyl groups is 1.